The predicted molar refractivity (Wildman–Crippen MR) is 87.6 cm³/mol. The van der Waals surface area contributed by atoms with Gasteiger partial charge in [0, 0.05) is 12.1 Å². The molecule has 0 amide bonds. The van der Waals surface area contributed by atoms with Crippen molar-refractivity contribution in [2.24, 2.45) is 0 Å². The lowest BCUT2D eigenvalue weighted by Crippen LogP contribution is -2.07. The first-order valence-electron chi connectivity index (χ1n) is 6.99. The quantitative estimate of drug-likeness (QED) is 0.919. The topological polar surface area (TPSA) is 54.9 Å². The molecule has 1 aromatic carbocycles. The van der Waals surface area contributed by atoms with Crippen molar-refractivity contribution in [2.75, 3.05) is 5.32 Å². The van der Waals surface area contributed by atoms with Crippen LogP contribution < -0.4 is 5.32 Å². The summed E-state index contributed by atoms with van der Waals surface area (Å²) in [5, 5.41) is 12.5. The number of hydrogen-bond acceptors (Lipinski definition) is 6. The number of hydrogen-bond donors (Lipinski definition) is 1. The summed E-state index contributed by atoms with van der Waals surface area (Å²) in [6.07, 6.45) is 2.68. The molecule has 3 rings (SSSR count). The maximum absolute atomic E-state index is 11.7. The Morgan fingerprint density at radius 2 is 2.19 bits per heavy atom. The highest BCUT2D eigenvalue weighted by Gasteiger charge is 2.26. The van der Waals surface area contributed by atoms with E-state index in [1.54, 1.807) is 11.8 Å². The molecule has 6 heteroatoms. The van der Waals surface area contributed by atoms with Gasteiger partial charge in [-0.3, -0.25) is 4.79 Å². The van der Waals surface area contributed by atoms with Gasteiger partial charge in [0.25, 0.3) is 0 Å². The second kappa shape index (κ2) is 6.15. The largest absolute Gasteiger partial charge is 0.330 e. The number of Topliss-reactive ketones (excluding diaryl/α,β-unsaturated/α-hetero) is 1. The van der Waals surface area contributed by atoms with E-state index in [2.05, 4.69) is 35.4 Å². The van der Waals surface area contributed by atoms with Crippen LogP contribution in [0.1, 0.15) is 30.4 Å². The fourth-order valence-electron chi connectivity index (χ4n) is 2.34. The Morgan fingerprint density at radius 1 is 1.33 bits per heavy atom. The Labute approximate surface area is 132 Å². The van der Waals surface area contributed by atoms with Gasteiger partial charge in [0.1, 0.15) is 5.78 Å². The van der Waals surface area contributed by atoms with Crippen molar-refractivity contribution in [1.29, 1.82) is 0 Å². The maximum Gasteiger partial charge on any atom is 0.210 e. The summed E-state index contributed by atoms with van der Waals surface area (Å²) >= 11 is 3.06. The molecule has 2 aromatic rings. The van der Waals surface area contributed by atoms with Crippen LogP contribution in [0.3, 0.4) is 0 Å². The van der Waals surface area contributed by atoms with E-state index < -0.39 is 0 Å². The number of carbonyl (C=O) groups excluding carboxylic acids is 1. The van der Waals surface area contributed by atoms with E-state index in [1.165, 1.54) is 22.5 Å². The van der Waals surface area contributed by atoms with Crippen LogP contribution in [0, 0.1) is 13.8 Å². The molecular weight excluding hydrogens is 302 g/mol. The molecule has 1 saturated carbocycles. The first-order chi connectivity index (χ1) is 10.1. The zero-order valence-electron chi connectivity index (χ0n) is 12.0. The van der Waals surface area contributed by atoms with Crippen molar-refractivity contribution in [1.82, 2.24) is 10.2 Å². The standard InChI is InChI=1S/C15H17N3OS2/c1-9-5-3-6-11(10(9)2)16-14-17-18-15(21-14)20-13-8-4-7-12(13)19/h3,5-6,13H,4,7-8H2,1-2H3,(H,16,17). The first-order valence-corrected chi connectivity index (χ1v) is 8.69. The van der Waals surface area contributed by atoms with Crippen LogP contribution in [-0.2, 0) is 4.79 Å². The van der Waals surface area contributed by atoms with Gasteiger partial charge >= 0.3 is 0 Å². The van der Waals surface area contributed by atoms with Gasteiger partial charge in [-0.2, -0.15) is 0 Å². The fraction of sp³-hybridized carbons (Fsp3) is 0.400. The third kappa shape index (κ3) is 3.27. The van der Waals surface area contributed by atoms with Gasteiger partial charge in [-0.25, -0.2) is 0 Å². The number of nitrogens with one attached hydrogen (secondary N) is 1. The van der Waals surface area contributed by atoms with Crippen LogP contribution in [0.4, 0.5) is 10.8 Å². The minimum Gasteiger partial charge on any atom is -0.330 e. The van der Waals surface area contributed by atoms with Gasteiger partial charge in [0.2, 0.25) is 5.13 Å². The number of anilines is 2. The molecule has 1 fully saturated rings. The number of benzene rings is 1. The molecule has 1 atom stereocenters. The molecule has 1 aliphatic rings. The molecule has 0 spiro atoms. The highest BCUT2D eigenvalue weighted by atomic mass is 32.2. The summed E-state index contributed by atoms with van der Waals surface area (Å²) in [5.74, 6) is 0.347. The SMILES string of the molecule is Cc1cccc(Nc2nnc(SC3CCCC3=O)s2)c1C. The van der Waals surface area contributed by atoms with Crippen molar-refractivity contribution in [2.45, 2.75) is 42.7 Å². The lowest BCUT2D eigenvalue weighted by molar-refractivity contribution is -0.116. The molecule has 1 aliphatic carbocycles. The second-order valence-electron chi connectivity index (χ2n) is 5.21. The fourth-order valence-corrected chi connectivity index (χ4v) is 4.47. The third-order valence-electron chi connectivity index (χ3n) is 3.74. The summed E-state index contributed by atoms with van der Waals surface area (Å²) in [7, 11) is 0. The Hall–Kier alpha value is -1.40. The predicted octanol–water partition coefficient (Wildman–Crippen LogP) is 4.11. The zero-order valence-corrected chi connectivity index (χ0v) is 13.7. The van der Waals surface area contributed by atoms with E-state index in [0.29, 0.717) is 12.2 Å². The number of thioether (sulfide) groups is 1. The van der Waals surface area contributed by atoms with Gasteiger partial charge < -0.3 is 5.32 Å². The van der Waals surface area contributed by atoms with Crippen LogP contribution in [0.5, 0.6) is 0 Å². The number of nitrogens with zero attached hydrogens (tertiary/aromatic N) is 2. The van der Waals surface area contributed by atoms with E-state index in [0.717, 1.165) is 28.0 Å². The Morgan fingerprint density at radius 3 is 2.95 bits per heavy atom. The summed E-state index contributed by atoms with van der Waals surface area (Å²) in [6, 6.07) is 6.16. The molecule has 1 aromatic heterocycles. The number of rotatable bonds is 4. The Balaban J connectivity index is 1.70. The molecule has 0 bridgehead atoms. The van der Waals surface area contributed by atoms with Crippen molar-refractivity contribution in [3.8, 4) is 0 Å². The molecule has 4 nitrogen and oxygen atoms in total. The van der Waals surface area contributed by atoms with Gasteiger partial charge in [0.05, 0.1) is 5.25 Å². The van der Waals surface area contributed by atoms with Crippen molar-refractivity contribution in [3.05, 3.63) is 29.3 Å². The molecule has 0 radical (unpaired) electrons. The van der Waals surface area contributed by atoms with E-state index in [4.69, 9.17) is 0 Å². The zero-order chi connectivity index (χ0) is 14.8. The number of aryl methyl sites for hydroxylation is 1. The first kappa shape index (κ1) is 14.5. The lowest BCUT2D eigenvalue weighted by atomic mass is 10.1. The van der Waals surface area contributed by atoms with Crippen LogP contribution in [-0.4, -0.2) is 21.2 Å². The normalized spacial score (nSPS) is 18.2. The van der Waals surface area contributed by atoms with Gasteiger partial charge in [-0.15, -0.1) is 10.2 Å². The lowest BCUT2D eigenvalue weighted by Gasteiger charge is -2.08. The van der Waals surface area contributed by atoms with Gasteiger partial charge in [-0.05, 0) is 43.9 Å². The molecule has 21 heavy (non-hydrogen) atoms. The number of ketones is 1. The van der Waals surface area contributed by atoms with Crippen LogP contribution in [0.2, 0.25) is 0 Å². The maximum atomic E-state index is 11.7. The summed E-state index contributed by atoms with van der Waals surface area (Å²) < 4.78 is 0.864. The molecule has 1 heterocycles. The Bertz CT molecular complexity index is 669. The molecule has 0 aliphatic heterocycles. The summed E-state index contributed by atoms with van der Waals surface area (Å²) in [6.45, 7) is 4.18. The monoisotopic (exact) mass is 319 g/mol. The van der Waals surface area contributed by atoms with E-state index >= 15 is 0 Å². The summed E-state index contributed by atoms with van der Waals surface area (Å²) in [5.41, 5.74) is 3.52. The highest BCUT2D eigenvalue weighted by molar-refractivity contribution is 8.02. The van der Waals surface area contributed by atoms with E-state index in [1.807, 2.05) is 12.1 Å². The minimum atomic E-state index is 0.0755. The Kier molecular flexibility index (Phi) is 4.26. The van der Waals surface area contributed by atoms with Gasteiger partial charge in [-0.1, -0.05) is 35.2 Å². The van der Waals surface area contributed by atoms with Crippen LogP contribution >= 0.6 is 23.1 Å². The van der Waals surface area contributed by atoms with Crippen molar-refractivity contribution in [3.63, 3.8) is 0 Å². The van der Waals surface area contributed by atoms with Crippen LogP contribution in [0.15, 0.2) is 22.5 Å². The second-order valence-corrected chi connectivity index (χ2v) is 7.64. The van der Waals surface area contributed by atoms with E-state index in [9.17, 15) is 4.79 Å². The van der Waals surface area contributed by atoms with Crippen LogP contribution in [0.25, 0.3) is 0 Å². The molecule has 110 valence electrons. The minimum absolute atomic E-state index is 0.0755. The molecule has 0 saturated heterocycles. The average molecular weight is 319 g/mol. The van der Waals surface area contributed by atoms with E-state index in [-0.39, 0.29) is 5.25 Å². The molecule has 1 N–H and O–H groups in total. The van der Waals surface area contributed by atoms with Crippen molar-refractivity contribution >= 4 is 39.7 Å². The van der Waals surface area contributed by atoms with Crippen molar-refractivity contribution < 1.29 is 4.79 Å². The third-order valence-corrected chi connectivity index (χ3v) is 5.98. The molecule has 1 unspecified atom stereocenters. The van der Waals surface area contributed by atoms with Gasteiger partial charge in [0.15, 0.2) is 4.34 Å². The average Bonchev–Trinajstić information content (AvgIpc) is 3.06. The smallest absolute Gasteiger partial charge is 0.210 e. The number of aromatic nitrogens is 2. The molecular formula is C15H17N3OS2. The summed E-state index contributed by atoms with van der Waals surface area (Å²) in [4.78, 5) is 11.7. The number of carbonyl (C=O) groups is 1. The highest BCUT2D eigenvalue weighted by Crippen LogP contribution is 2.36.